The molecule has 0 spiro atoms. The molecule has 3 heterocycles. The quantitative estimate of drug-likeness (QED) is 0.492. The molecular weight excluding hydrogens is 374 g/mol. The number of aryl methyl sites for hydroxylation is 1. The summed E-state index contributed by atoms with van der Waals surface area (Å²) in [6.45, 7) is 2.02. The predicted octanol–water partition coefficient (Wildman–Crippen LogP) is 4.41. The van der Waals surface area contributed by atoms with Crippen LogP contribution in [0, 0.1) is 0 Å². The van der Waals surface area contributed by atoms with Crippen molar-refractivity contribution in [3.8, 4) is 10.6 Å². The zero-order valence-corrected chi connectivity index (χ0v) is 15.7. The van der Waals surface area contributed by atoms with Gasteiger partial charge in [-0.2, -0.15) is 9.61 Å². The standard InChI is InChI=1S/C20H15N5O2S/c1-2-17-22-23-20-25(17)24-19(28-20)13-7-5-8-14(10-13)21-18(26)16-11-12-6-3-4-9-15(12)27-16/h3-11H,2H2,1H3,(H,21,26). The molecule has 1 N–H and O–H groups in total. The number of carbonyl (C=O) groups excluding carboxylic acids is 1. The molecule has 0 atom stereocenters. The zero-order valence-electron chi connectivity index (χ0n) is 14.9. The Hall–Kier alpha value is -3.52. The van der Waals surface area contributed by atoms with E-state index in [2.05, 4.69) is 20.6 Å². The van der Waals surface area contributed by atoms with E-state index in [1.807, 2.05) is 55.5 Å². The lowest BCUT2D eigenvalue weighted by Crippen LogP contribution is -2.10. The van der Waals surface area contributed by atoms with Crippen molar-refractivity contribution in [2.45, 2.75) is 13.3 Å². The number of hydrogen-bond acceptors (Lipinski definition) is 6. The Morgan fingerprint density at radius 3 is 2.89 bits per heavy atom. The Morgan fingerprint density at radius 1 is 1.14 bits per heavy atom. The number of nitrogens with zero attached hydrogens (tertiary/aromatic N) is 4. The lowest BCUT2D eigenvalue weighted by atomic mass is 10.2. The number of carbonyl (C=O) groups is 1. The Morgan fingerprint density at radius 2 is 2.04 bits per heavy atom. The number of rotatable bonds is 4. The summed E-state index contributed by atoms with van der Waals surface area (Å²) in [5.41, 5.74) is 2.26. The monoisotopic (exact) mass is 389 g/mol. The van der Waals surface area contributed by atoms with E-state index < -0.39 is 0 Å². The van der Waals surface area contributed by atoms with Gasteiger partial charge in [0.25, 0.3) is 5.91 Å². The Bertz CT molecular complexity index is 1280. The van der Waals surface area contributed by atoms with Gasteiger partial charge in [-0.15, -0.1) is 10.2 Å². The van der Waals surface area contributed by atoms with Gasteiger partial charge in [0.15, 0.2) is 11.6 Å². The summed E-state index contributed by atoms with van der Waals surface area (Å²) in [5.74, 6) is 0.810. The van der Waals surface area contributed by atoms with Crippen molar-refractivity contribution >= 4 is 38.9 Å². The number of para-hydroxylation sites is 1. The average molecular weight is 389 g/mol. The first-order valence-electron chi connectivity index (χ1n) is 8.83. The molecular formula is C20H15N5O2S. The third-order valence-corrected chi connectivity index (χ3v) is 5.34. The van der Waals surface area contributed by atoms with Crippen LogP contribution in [0.2, 0.25) is 0 Å². The number of amides is 1. The van der Waals surface area contributed by atoms with E-state index in [0.717, 1.165) is 33.2 Å². The van der Waals surface area contributed by atoms with Crippen LogP contribution in [0.5, 0.6) is 0 Å². The normalized spacial score (nSPS) is 11.3. The molecule has 0 unspecified atom stereocenters. The highest BCUT2D eigenvalue weighted by atomic mass is 32.1. The van der Waals surface area contributed by atoms with Crippen molar-refractivity contribution in [3.05, 3.63) is 66.2 Å². The van der Waals surface area contributed by atoms with E-state index >= 15 is 0 Å². The molecule has 1 amide bonds. The molecule has 0 aliphatic heterocycles. The number of hydrogen-bond donors (Lipinski definition) is 1. The summed E-state index contributed by atoms with van der Waals surface area (Å²) in [6, 6.07) is 16.8. The molecule has 0 aliphatic carbocycles. The van der Waals surface area contributed by atoms with Gasteiger partial charge in [0.1, 0.15) is 10.6 Å². The van der Waals surface area contributed by atoms with Gasteiger partial charge in [-0.25, -0.2) is 0 Å². The number of aromatic nitrogens is 4. The topological polar surface area (TPSA) is 85.3 Å². The molecule has 0 saturated heterocycles. The molecule has 0 aliphatic rings. The van der Waals surface area contributed by atoms with E-state index in [4.69, 9.17) is 4.42 Å². The highest BCUT2D eigenvalue weighted by Crippen LogP contribution is 2.28. The van der Waals surface area contributed by atoms with Gasteiger partial charge >= 0.3 is 0 Å². The molecule has 2 aromatic carbocycles. The largest absolute Gasteiger partial charge is 0.451 e. The highest BCUT2D eigenvalue weighted by Gasteiger charge is 2.15. The van der Waals surface area contributed by atoms with Crippen LogP contribution in [-0.4, -0.2) is 25.7 Å². The number of anilines is 1. The van der Waals surface area contributed by atoms with Crippen molar-refractivity contribution in [3.63, 3.8) is 0 Å². The molecule has 0 saturated carbocycles. The van der Waals surface area contributed by atoms with Gasteiger partial charge in [0, 0.05) is 23.1 Å². The Balaban J connectivity index is 1.43. The van der Waals surface area contributed by atoms with Gasteiger partial charge in [-0.1, -0.05) is 48.6 Å². The van der Waals surface area contributed by atoms with E-state index in [9.17, 15) is 4.79 Å². The fourth-order valence-corrected chi connectivity index (χ4v) is 3.87. The lowest BCUT2D eigenvalue weighted by molar-refractivity contribution is 0.0998. The molecule has 5 rings (SSSR count). The maximum absolute atomic E-state index is 12.6. The van der Waals surface area contributed by atoms with Crippen LogP contribution < -0.4 is 5.32 Å². The summed E-state index contributed by atoms with van der Waals surface area (Å²) in [5, 5.41) is 17.5. The summed E-state index contributed by atoms with van der Waals surface area (Å²) < 4.78 is 7.39. The first-order valence-corrected chi connectivity index (χ1v) is 9.64. The minimum absolute atomic E-state index is 0.276. The van der Waals surface area contributed by atoms with Crippen LogP contribution in [0.3, 0.4) is 0 Å². The third kappa shape index (κ3) is 2.84. The van der Waals surface area contributed by atoms with Crippen molar-refractivity contribution in [2.75, 3.05) is 5.32 Å². The SMILES string of the molecule is CCc1nnc2sc(-c3cccc(NC(=O)c4cc5ccccc5o4)c3)nn12. The van der Waals surface area contributed by atoms with Crippen molar-refractivity contribution in [1.29, 1.82) is 0 Å². The van der Waals surface area contributed by atoms with Gasteiger partial charge in [-0.05, 0) is 24.3 Å². The van der Waals surface area contributed by atoms with Gasteiger partial charge in [-0.3, -0.25) is 4.79 Å². The molecule has 28 heavy (non-hydrogen) atoms. The molecule has 0 fully saturated rings. The fraction of sp³-hybridized carbons (Fsp3) is 0.100. The van der Waals surface area contributed by atoms with Gasteiger partial charge < -0.3 is 9.73 Å². The summed E-state index contributed by atoms with van der Waals surface area (Å²) in [7, 11) is 0. The van der Waals surface area contributed by atoms with Crippen molar-refractivity contribution in [1.82, 2.24) is 19.8 Å². The number of nitrogens with one attached hydrogen (secondary N) is 1. The second kappa shape index (κ2) is 6.58. The Kier molecular flexibility index (Phi) is 3.91. The smallest absolute Gasteiger partial charge is 0.291 e. The van der Waals surface area contributed by atoms with E-state index in [-0.39, 0.29) is 11.7 Å². The maximum Gasteiger partial charge on any atom is 0.291 e. The van der Waals surface area contributed by atoms with Crippen LogP contribution in [-0.2, 0) is 6.42 Å². The molecule has 138 valence electrons. The van der Waals surface area contributed by atoms with Gasteiger partial charge in [0.05, 0.1) is 0 Å². The minimum Gasteiger partial charge on any atom is -0.451 e. The third-order valence-electron chi connectivity index (χ3n) is 4.39. The summed E-state index contributed by atoms with van der Waals surface area (Å²) in [6.07, 6.45) is 0.762. The molecule has 3 aromatic heterocycles. The zero-order chi connectivity index (χ0) is 19.1. The average Bonchev–Trinajstić information content (AvgIpc) is 3.41. The second-order valence-corrected chi connectivity index (χ2v) is 7.21. The first-order chi connectivity index (χ1) is 13.7. The number of benzene rings is 2. The molecule has 5 aromatic rings. The van der Waals surface area contributed by atoms with Crippen LogP contribution in [0.1, 0.15) is 23.3 Å². The summed E-state index contributed by atoms with van der Waals surface area (Å²) in [4.78, 5) is 13.3. The van der Waals surface area contributed by atoms with Gasteiger partial charge in [0.2, 0.25) is 4.96 Å². The molecule has 0 radical (unpaired) electrons. The van der Waals surface area contributed by atoms with E-state index in [1.54, 1.807) is 10.6 Å². The molecule has 7 nitrogen and oxygen atoms in total. The predicted molar refractivity (Wildman–Crippen MR) is 108 cm³/mol. The van der Waals surface area contributed by atoms with E-state index in [0.29, 0.717) is 11.3 Å². The van der Waals surface area contributed by atoms with Crippen LogP contribution >= 0.6 is 11.3 Å². The molecule has 8 heteroatoms. The maximum atomic E-state index is 12.6. The van der Waals surface area contributed by atoms with Crippen molar-refractivity contribution in [2.24, 2.45) is 0 Å². The molecule has 0 bridgehead atoms. The fourth-order valence-electron chi connectivity index (χ4n) is 3.01. The highest BCUT2D eigenvalue weighted by molar-refractivity contribution is 7.19. The van der Waals surface area contributed by atoms with Crippen molar-refractivity contribution < 1.29 is 9.21 Å². The minimum atomic E-state index is -0.292. The van der Waals surface area contributed by atoms with E-state index in [1.165, 1.54) is 11.3 Å². The number of furan rings is 1. The number of fused-ring (bicyclic) bond motifs is 2. The lowest BCUT2D eigenvalue weighted by Gasteiger charge is -2.04. The van der Waals surface area contributed by atoms with Crippen LogP contribution in [0.25, 0.3) is 26.5 Å². The van der Waals surface area contributed by atoms with Crippen LogP contribution in [0.4, 0.5) is 5.69 Å². The Labute approximate surface area is 163 Å². The first kappa shape index (κ1) is 16.6. The summed E-state index contributed by atoms with van der Waals surface area (Å²) >= 11 is 1.46. The second-order valence-electron chi connectivity index (χ2n) is 6.25. The van der Waals surface area contributed by atoms with Crippen LogP contribution in [0.15, 0.2) is 59.0 Å².